The number of nitrogens with zero attached hydrogens (tertiary/aromatic N) is 3. The summed E-state index contributed by atoms with van der Waals surface area (Å²) in [6.07, 6.45) is 6.45. The van der Waals surface area contributed by atoms with Crippen LogP contribution in [0.15, 0.2) is 48.7 Å². The number of pyridine rings is 1. The average Bonchev–Trinajstić information content (AvgIpc) is 3.25. The van der Waals surface area contributed by atoms with E-state index in [1.54, 1.807) is 30.3 Å². The largest absolute Gasteiger partial charge is 0.346 e. The lowest BCUT2D eigenvalue weighted by atomic mass is 9.77. The number of aromatic nitrogens is 2. The minimum Gasteiger partial charge on any atom is -0.346 e. The fraction of sp³-hybridized carbons (Fsp3) is 0.320. The summed E-state index contributed by atoms with van der Waals surface area (Å²) in [6.45, 7) is 4.56. The highest BCUT2D eigenvalue weighted by Crippen LogP contribution is 2.42. The second kappa shape index (κ2) is 8.02. The van der Waals surface area contributed by atoms with E-state index in [2.05, 4.69) is 33.1 Å². The first-order valence-corrected chi connectivity index (χ1v) is 10.7. The van der Waals surface area contributed by atoms with Crippen LogP contribution in [0.5, 0.6) is 0 Å². The first kappa shape index (κ1) is 20.8. The number of carbonyl (C=O) groups is 2. The normalized spacial score (nSPS) is 14.8. The standard InChI is InChI=1S/C25H28N4O2/c1-5-25(6-2)20-13-17(15-26-23(20)27-24(25)31)11-12-22(30)28(3)16-19-14-18-9-7-8-10-21(18)29(19)4/h7-15H,5-6,16H2,1-4H3,(H,26,27,31). The number of amides is 2. The van der Waals surface area contributed by atoms with Crippen LogP contribution in [0.3, 0.4) is 0 Å². The summed E-state index contributed by atoms with van der Waals surface area (Å²) in [5.74, 6) is 0.550. The SMILES string of the molecule is CCC1(CC)C(=O)Nc2ncc(C=CC(=O)N(C)Cc3cc4ccccc4n3C)cc21. The van der Waals surface area contributed by atoms with E-state index in [0.29, 0.717) is 25.2 Å². The maximum Gasteiger partial charge on any atom is 0.246 e. The number of likely N-dealkylation sites (N-methyl/N-ethyl adjacent to an activating group) is 1. The molecule has 2 aromatic heterocycles. The van der Waals surface area contributed by atoms with Gasteiger partial charge < -0.3 is 14.8 Å². The van der Waals surface area contributed by atoms with E-state index in [1.165, 1.54) is 5.39 Å². The molecular formula is C25H28N4O2. The molecule has 0 fully saturated rings. The number of fused-ring (bicyclic) bond motifs is 2. The maximum absolute atomic E-state index is 12.7. The monoisotopic (exact) mass is 416 g/mol. The van der Waals surface area contributed by atoms with Gasteiger partial charge in [-0.05, 0) is 48.1 Å². The van der Waals surface area contributed by atoms with Gasteiger partial charge in [-0.1, -0.05) is 32.0 Å². The molecule has 0 radical (unpaired) electrons. The minimum absolute atomic E-state index is 0.00638. The number of rotatable bonds is 6. The number of nitrogens with one attached hydrogen (secondary N) is 1. The van der Waals surface area contributed by atoms with Crippen LogP contribution in [-0.2, 0) is 28.6 Å². The molecule has 0 atom stereocenters. The number of aryl methyl sites for hydroxylation is 1. The molecule has 160 valence electrons. The number of carbonyl (C=O) groups excluding carboxylic acids is 2. The first-order valence-electron chi connectivity index (χ1n) is 10.7. The van der Waals surface area contributed by atoms with E-state index in [0.717, 1.165) is 22.3 Å². The fourth-order valence-electron chi connectivity index (χ4n) is 4.45. The number of hydrogen-bond acceptors (Lipinski definition) is 3. The average molecular weight is 417 g/mol. The molecule has 3 heterocycles. The third kappa shape index (κ3) is 3.52. The highest BCUT2D eigenvalue weighted by molar-refractivity contribution is 6.05. The quantitative estimate of drug-likeness (QED) is 0.611. The molecule has 1 aliphatic rings. The predicted molar refractivity (Wildman–Crippen MR) is 124 cm³/mol. The molecule has 2 amide bonds. The van der Waals surface area contributed by atoms with Crippen molar-refractivity contribution in [2.24, 2.45) is 7.05 Å². The van der Waals surface area contributed by atoms with Gasteiger partial charge in [-0.3, -0.25) is 9.59 Å². The molecule has 3 aromatic rings. The summed E-state index contributed by atoms with van der Waals surface area (Å²) in [6, 6.07) is 12.3. The third-order valence-electron chi connectivity index (χ3n) is 6.54. The second-order valence-electron chi connectivity index (χ2n) is 8.19. The Hall–Kier alpha value is -3.41. The Bertz CT molecular complexity index is 1190. The van der Waals surface area contributed by atoms with Crippen LogP contribution in [0.25, 0.3) is 17.0 Å². The highest BCUT2D eigenvalue weighted by Gasteiger charge is 2.44. The van der Waals surface area contributed by atoms with Gasteiger partial charge in [0.15, 0.2) is 0 Å². The molecule has 31 heavy (non-hydrogen) atoms. The Kier molecular flexibility index (Phi) is 5.39. The predicted octanol–water partition coefficient (Wildman–Crippen LogP) is 4.26. The van der Waals surface area contributed by atoms with Crippen molar-refractivity contribution in [3.05, 3.63) is 65.5 Å². The Balaban J connectivity index is 1.51. The molecule has 6 heteroatoms. The Morgan fingerprint density at radius 2 is 1.97 bits per heavy atom. The van der Waals surface area contributed by atoms with E-state index in [9.17, 15) is 9.59 Å². The summed E-state index contributed by atoms with van der Waals surface area (Å²) in [5, 5.41) is 4.06. The van der Waals surface area contributed by atoms with Crippen molar-refractivity contribution in [3.63, 3.8) is 0 Å². The minimum atomic E-state index is -0.540. The molecule has 0 unspecified atom stereocenters. The van der Waals surface area contributed by atoms with Crippen LogP contribution in [0, 0.1) is 0 Å². The van der Waals surface area contributed by atoms with Crippen molar-refractivity contribution in [1.82, 2.24) is 14.5 Å². The van der Waals surface area contributed by atoms with E-state index in [-0.39, 0.29) is 11.8 Å². The lowest BCUT2D eigenvalue weighted by molar-refractivity contribution is -0.125. The molecule has 1 aromatic carbocycles. The number of benzene rings is 1. The fourth-order valence-corrected chi connectivity index (χ4v) is 4.45. The lowest BCUT2D eigenvalue weighted by Crippen LogP contribution is -2.32. The van der Waals surface area contributed by atoms with Gasteiger partial charge in [-0.25, -0.2) is 4.98 Å². The van der Waals surface area contributed by atoms with Crippen molar-refractivity contribution in [2.45, 2.75) is 38.6 Å². The van der Waals surface area contributed by atoms with E-state index in [4.69, 9.17) is 0 Å². The summed E-state index contributed by atoms with van der Waals surface area (Å²) in [5.41, 5.74) is 3.41. The smallest absolute Gasteiger partial charge is 0.246 e. The van der Waals surface area contributed by atoms with Crippen LogP contribution in [-0.4, -0.2) is 33.3 Å². The van der Waals surface area contributed by atoms with Crippen LogP contribution in [0.1, 0.15) is 43.5 Å². The zero-order valence-corrected chi connectivity index (χ0v) is 18.5. The molecular weight excluding hydrogens is 388 g/mol. The molecule has 1 aliphatic heterocycles. The molecule has 0 spiro atoms. The molecule has 0 bridgehead atoms. The van der Waals surface area contributed by atoms with Crippen molar-refractivity contribution in [2.75, 3.05) is 12.4 Å². The van der Waals surface area contributed by atoms with Gasteiger partial charge in [0.05, 0.1) is 12.0 Å². The summed E-state index contributed by atoms with van der Waals surface area (Å²) in [4.78, 5) is 31.3. The maximum atomic E-state index is 12.7. The first-order chi connectivity index (χ1) is 14.9. The zero-order chi connectivity index (χ0) is 22.2. The molecule has 0 saturated carbocycles. The van der Waals surface area contributed by atoms with Gasteiger partial charge in [0.2, 0.25) is 11.8 Å². The second-order valence-corrected chi connectivity index (χ2v) is 8.19. The van der Waals surface area contributed by atoms with Crippen LogP contribution in [0.2, 0.25) is 0 Å². The van der Waals surface area contributed by atoms with Crippen LogP contribution >= 0.6 is 0 Å². The van der Waals surface area contributed by atoms with Crippen LogP contribution < -0.4 is 5.32 Å². The Morgan fingerprint density at radius 3 is 2.68 bits per heavy atom. The van der Waals surface area contributed by atoms with Gasteiger partial charge >= 0.3 is 0 Å². The summed E-state index contributed by atoms with van der Waals surface area (Å²) in [7, 11) is 3.82. The van der Waals surface area contributed by atoms with Crippen molar-refractivity contribution >= 4 is 34.6 Å². The highest BCUT2D eigenvalue weighted by atomic mass is 16.2. The van der Waals surface area contributed by atoms with E-state index in [1.807, 2.05) is 39.1 Å². The number of anilines is 1. The van der Waals surface area contributed by atoms with E-state index < -0.39 is 5.41 Å². The van der Waals surface area contributed by atoms with Crippen molar-refractivity contribution in [3.8, 4) is 0 Å². The van der Waals surface area contributed by atoms with E-state index >= 15 is 0 Å². The zero-order valence-electron chi connectivity index (χ0n) is 18.5. The number of para-hydroxylation sites is 1. The van der Waals surface area contributed by atoms with Gasteiger partial charge in [-0.15, -0.1) is 0 Å². The van der Waals surface area contributed by atoms with Crippen LogP contribution in [0.4, 0.5) is 5.82 Å². The Labute approximate surface area is 182 Å². The summed E-state index contributed by atoms with van der Waals surface area (Å²) >= 11 is 0. The van der Waals surface area contributed by atoms with Crippen molar-refractivity contribution in [1.29, 1.82) is 0 Å². The van der Waals surface area contributed by atoms with Gasteiger partial charge in [-0.2, -0.15) is 0 Å². The molecule has 6 nitrogen and oxygen atoms in total. The Morgan fingerprint density at radius 1 is 1.23 bits per heavy atom. The van der Waals surface area contributed by atoms with Crippen molar-refractivity contribution < 1.29 is 9.59 Å². The van der Waals surface area contributed by atoms with Gasteiger partial charge in [0.1, 0.15) is 5.82 Å². The lowest BCUT2D eigenvalue weighted by Gasteiger charge is -2.23. The number of hydrogen-bond donors (Lipinski definition) is 1. The topological polar surface area (TPSA) is 67.2 Å². The third-order valence-corrected chi connectivity index (χ3v) is 6.54. The summed E-state index contributed by atoms with van der Waals surface area (Å²) < 4.78 is 2.12. The van der Waals surface area contributed by atoms with Gasteiger partial charge in [0.25, 0.3) is 0 Å². The molecule has 4 rings (SSSR count). The molecule has 0 saturated heterocycles. The van der Waals surface area contributed by atoms with Gasteiger partial charge in [0, 0.05) is 43.1 Å². The molecule has 1 N–H and O–H groups in total. The molecule has 0 aliphatic carbocycles.